The molecule has 0 saturated carbocycles. The van der Waals surface area contributed by atoms with E-state index in [1.165, 1.54) is 13.2 Å². The molecule has 0 N–H and O–H groups in total. The van der Waals surface area contributed by atoms with Gasteiger partial charge in [0.25, 0.3) is 0 Å². The van der Waals surface area contributed by atoms with Gasteiger partial charge < -0.3 is 14.4 Å². The Morgan fingerprint density at radius 3 is 2.69 bits per heavy atom. The number of carbonyl (C=O) groups excluding carboxylic acids is 2. The molecule has 0 saturated heterocycles. The monoisotopic (exact) mass is 354 g/mol. The van der Waals surface area contributed by atoms with Crippen LogP contribution < -0.4 is 4.74 Å². The van der Waals surface area contributed by atoms with E-state index in [2.05, 4.69) is 9.72 Å². The highest BCUT2D eigenvalue weighted by Crippen LogP contribution is 2.14. The second-order valence-electron chi connectivity index (χ2n) is 5.52. The van der Waals surface area contributed by atoms with Gasteiger partial charge in [0, 0.05) is 18.8 Å². The van der Waals surface area contributed by atoms with E-state index in [1.54, 1.807) is 24.3 Å². The minimum absolute atomic E-state index is 0.127. The number of aromatic nitrogens is 1. The van der Waals surface area contributed by atoms with Gasteiger partial charge in [0.2, 0.25) is 5.91 Å². The van der Waals surface area contributed by atoms with Crippen LogP contribution in [0.15, 0.2) is 54.7 Å². The molecule has 0 atom stereocenters. The number of ether oxygens (including phenoxy) is 2. The van der Waals surface area contributed by atoms with E-state index >= 15 is 0 Å². The molecule has 136 valence electrons. The Kier molecular flexibility index (Phi) is 7.36. The predicted molar refractivity (Wildman–Crippen MR) is 98.3 cm³/mol. The van der Waals surface area contributed by atoms with Gasteiger partial charge in [0.05, 0.1) is 32.9 Å². The smallest absolute Gasteiger partial charge is 0.307 e. The van der Waals surface area contributed by atoms with Gasteiger partial charge in [-0.2, -0.15) is 0 Å². The molecule has 26 heavy (non-hydrogen) atoms. The van der Waals surface area contributed by atoms with Crippen LogP contribution in [0.1, 0.15) is 17.7 Å². The minimum Gasteiger partial charge on any atom is -0.497 e. The maximum atomic E-state index is 12.6. The fourth-order valence-electron chi connectivity index (χ4n) is 2.30. The van der Waals surface area contributed by atoms with Crippen molar-refractivity contribution in [3.05, 3.63) is 66.0 Å². The fourth-order valence-corrected chi connectivity index (χ4v) is 2.30. The van der Waals surface area contributed by atoms with Gasteiger partial charge in [-0.05, 0) is 35.9 Å². The standard InChI is InChI=1S/C20H22N2O4/c1-25-18-8-5-6-16(14-18)9-10-19(23)22(13-11-20(24)26-2)15-17-7-3-4-12-21-17/h3-10,12,14H,11,13,15H2,1-2H3/b10-9+. The van der Waals surface area contributed by atoms with Crippen molar-refractivity contribution in [2.75, 3.05) is 20.8 Å². The van der Waals surface area contributed by atoms with Crippen molar-refractivity contribution in [2.45, 2.75) is 13.0 Å². The number of hydrogen-bond acceptors (Lipinski definition) is 5. The first kappa shape index (κ1) is 19.2. The Morgan fingerprint density at radius 1 is 1.15 bits per heavy atom. The Hall–Kier alpha value is -3.15. The third kappa shape index (κ3) is 6.05. The molecule has 1 aromatic carbocycles. The van der Waals surface area contributed by atoms with Gasteiger partial charge in [-0.1, -0.05) is 18.2 Å². The van der Waals surface area contributed by atoms with Gasteiger partial charge >= 0.3 is 5.97 Å². The Bertz CT molecular complexity index is 759. The highest BCUT2D eigenvalue weighted by Gasteiger charge is 2.14. The molecule has 0 bridgehead atoms. The van der Waals surface area contributed by atoms with E-state index in [-0.39, 0.29) is 24.8 Å². The number of methoxy groups -OCH3 is 2. The zero-order chi connectivity index (χ0) is 18.8. The molecule has 0 aliphatic rings. The summed E-state index contributed by atoms with van der Waals surface area (Å²) in [7, 11) is 2.92. The predicted octanol–water partition coefficient (Wildman–Crippen LogP) is 2.70. The molecular weight excluding hydrogens is 332 g/mol. The van der Waals surface area contributed by atoms with Crippen LogP contribution in [-0.2, 0) is 20.9 Å². The number of nitrogens with zero attached hydrogens (tertiary/aromatic N) is 2. The number of pyridine rings is 1. The van der Waals surface area contributed by atoms with Crippen LogP contribution in [0.4, 0.5) is 0 Å². The molecule has 0 spiro atoms. The van der Waals surface area contributed by atoms with E-state index in [0.717, 1.165) is 17.0 Å². The summed E-state index contributed by atoms with van der Waals surface area (Å²) in [6.07, 6.45) is 5.00. The van der Waals surface area contributed by atoms with Gasteiger partial charge in [-0.15, -0.1) is 0 Å². The molecule has 6 nitrogen and oxygen atoms in total. The van der Waals surface area contributed by atoms with Gasteiger partial charge in [-0.25, -0.2) is 0 Å². The van der Waals surface area contributed by atoms with Crippen molar-refractivity contribution < 1.29 is 19.1 Å². The van der Waals surface area contributed by atoms with Crippen molar-refractivity contribution >= 4 is 18.0 Å². The van der Waals surface area contributed by atoms with E-state index in [9.17, 15) is 9.59 Å². The van der Waals surface area contributed by atoms with E-state index in [4.69, 9.17) is 4.74 Å². The lowest BCUT2D eigenvalue weighted by molar-refractivity contribution is -0.141. The summed E-state index contributed by atoms with van der Waals surface area (Å²) >= 11 is 0. The first-order chi connectivity index (χ1) is 12.6. The Morgan fingerprint density at radius 2 is 2.00 bits per heavy atom. The number of rotatable bonds is 8. The first-order valence-electron chi connectivity index (χ1n) is 8.20. The van der Waals surface area contributed by atoms with Crippen LogP contribution in [0.3, 0.4) is 0 Å². The van der Waals surface area contributed by atoms with Crippen LogP contribution in [0.2, 0.25) is 0 Å². The normalized spacial score (nSPS) is 10.5. The summed E-state index contributed by atoms with van der Waals surface area (Å²) in [5, 5.41) is 0. The summed E-state index contributed by atoms with van der Waals surface area (Å²) in [6, 6.07) is 12.9. The molecule has 0 aliphatic carbocycles. The summed E-state index contributed by atoms with van der Waals surface area (Å²) in [4.78, 5) is 29.8. The van der Waals surface area contributed by atoms with Gasteiger partial charge in [0.15, 0.2) is 0 Å². The van der Waals surface area contributed by atoms with Crippen LogP contribution in [0.25, 0.3) is 6.08 Å². The van der Waals surface area contributed by atoms with Crippen molar-refractivity contribution in [3.8, 4) is 5.75 Å². The Labute approximate surface area is 153 Å². The second kappa shape index (κ2) is 9.98. The maximum Gasteiger partial charge on any atom is 0.307 e. The van der Waals surface area contributed by atoms with Gasteiger partial charge in [0.1, 0.15) is 5.75 Å². The zero-order valence-electron chi connectivity index (χ0n) is 14.9. The highest BCUT2D eigenvalue weighted by molar-refractivity contribution is 5.92. The lowest BCUT2D eigenvalue weighted by atomic mass is 10.2. The molecule has 2 aromatic rings. The highest BCUT2D eigenvalue weighted by atomic mass is 16.5. The van der Waals surface area contributed by atoms with Crippen molar-refractivity contribution in [1.82, 2.24) is 9.88 Å². The minimum atomic E-state index is -0.361. The van der Waals surface area contributed by atoms with Crippen LogP contribution in [0, 0.1) is 0 Å². The van der Waals surface area contributed by atoms with Crippen molar-refractivity contribution in [2.24, 2.45) is 0 Å². The lowest BCUT2D eigenvalue weighted by Crippen LogP contribution is -2.31. The van der Waals surface area contributed by atoms with Crippen LogP contribution in [0.5, 0.6) is 5.75 Å². The molecule has 1 amide bonds. The van der Waals surface area contributed by atoms with Crippen molar-refractivity contribution in [1.29, 1.82) is 0 Å². The van der Waals surface area contributed by atoms with Crippen LogP contribution >= 0.6 is 0 Å². The maximum absolute atomic E-state index is 12.6. The average Bonchev–Trinajstić information content (AvgIpc) is 2.69. The molecule has 0 aliphatic heterocycles. The molecule has 0 radical (unpaired) electrons. The third-order valence-electron chi connectivity index (χ3n) is 3.72. The third-order valence-corrected chi connectivity index (χ3v) is 3.72. The van der Waals surface area contributed by atoms with Gasteiger partial charge in [-0.3, -0.25) is 14.6 Å². The largest absolute Gasteiger partial charge is 0.497 e. The quantitative estimate of drug-likeness (QED) is 0.538. The molecular formula is C20H22N2O4. The fraction of sp³-hybridized carbons (Fsp3) is 0.250. The second-order valence-corrected chi connectivity index (χ2v) is 5.52. The SMILES string of the molecule is COC(=O)CCN(Cc1ccccn1)C(=O)/C=C/c1cccc(OC)c1. The molecule has 0 fully saturated rings. The molecule has 1 aromatic heterocycles. The Balaban J connectivity index is 2.10. The summed E-state index contributed by atoms with van der Waals surface area (Å²) < 4.78 is 9.84. The number of amides is 1. The molecule has 1 heterocycles. The molecule has 0 unspecified atom stereocenters. The molecule has 6 heteroatoms. The number of hydrogen-bond donors (Lipinski definition) is 0. The van der Waals surface area contributed by atoms with E-state index in [0.29, 0.717) is 6.54 Å². The summed E-state index contributed by atoms with van der Waals surface area (Å²) in [6.45, 7) is 0.573. The van der Waals surface area contributed by atoms with Crippen LogP contribution in [-0.4, -0.2) is 42.5 Å². The first-order valence-corrected chi connectivity index (χ1v) is 8.20. The van der Waals surface area contributed by atoms with E-state index in [1.807, 2.05) is 42.5 Å². The average molecular weight is 354 g/mol. The molecule has 2 rings (SSSR count). The van der Waals surface area contributed by atoms with Crippen molar-refractivity contribution in [3.63, 3.8) is 0 Å². The number of benzene rings is 1. The number of carbonyl (C=O) groups is 2. The number of esters is 1. The lowest BCUT2D eigenvalue weighted by Gasteiger charge is -2.20. The summed E-state index contributed by atoms with van der Waals surface area (Å²) in [5.41, 5.74) is 1.60. The van der Waals surface area contributed by atoms with E-state index < -0.39 is 0 Å². The topological polar surface area (TPSA) is 68.7 Å². The zero-order valence-corrected chi connectivity index (χ0v) is 14.9. The summed E-state index contributed by atoms with van der Waals surface area (Å²) in [5.74, 6) is 0.151.